The maximum Gasteiger partial charge on any atom is 0.262 e. The van der Waals surface area contributed by atoms with Gasteiger partial charge in [-0.05, 0) is 49.6 Å². The van der Waals surface area contributed by atoms with E-state index in [1.54, 1.807) is 37.4 Å². The fourth-order valence-corrected chi connectivity index (χ4v) is 3.09. The van der Waals surface area contributed by atoms with Crippen molar-refractivity contribution >= 4 is 17.5 Å². The number of likely N-dealkylation sites (tertiary alicyclic amines) is 1. The van der Waals surface area contributed by atoms with Crippen molar-refractivity contribution in [3.05, 3.63) is 53.6 Å². The predicted octanol–water partition coefficient (Wildman–Crippen LogP) is 3.26. The number of benzene rings is 2. The number of anilines is 1. The predicted molar refractivity (Wildman–Crippen MR) is 103 cm³/mol. The minimum atomic E-state index is -0.334. The number of para-hydroxylation sites is 1. The van der Waals surface area contributed by atoms with Gasteiger partial charge in [0.05, 0.1) is 18.4 Å². The van der Waals surface area contributed by atoms with Crippen molar-refractivity contribution in [2.45, 2.75) is 19.8 Å². The first kappa shape index (κ1) is 18.8. The Kier molecular flexibility index (Phi) is 5.96. The molecule has 0 radical (unpaired) electrons. The van der Waals surface area contributed by atoms with Crippen molar-refractivity contribution < 1.29 is 19.1 Å². The van der Waals surface area contributed by atoms with Crippen molar-refractivity contribution in [1.29, 1.82) is 0 Å². The number of carbonyl (C=O) groups excluding carboxylic acids is 2. The number of rotatable bonds is 6. The number of amides is 2. The lowest BCUT2D eigenvalue weighted by atomic mass is 10.1. The van der Waals surface area contributed by atoms with Gasteiger partial charge in [-0.3, -0.25) is 9.59 Å². The third-order valence-corrected chi connectivity index (χ3v) is 4.50. The largest absolute Gasteiger partial charge is 0.493 e. The number of hydrogen-bond acceptors (Lipinski definition) is 4. The highest BCUT2D eigenvalue weighted by molar-refractivity contribution is 6.04. The Bertz CT molecular complexity index is 829. The topological polar surface area (TPSA) is 67.9 Å². The molecule has 1 heterocycles. The zero-order valence-corrected chi connectivity index (χ0v) is 15.7. The van der Waals surface area contributed by atoms with Crippen LogP contribution in [0.4, 0.5) is 5.69 Å². The van der Waals surface area contributed by atoms with E-state index in [-0.39, 0.29) is 18.4 Å². The highest BCUT2D eigenvalue weighted by atomic mass is 16.5. The quantitative estimate of drug-likeness (QED) is 0.850. The van der Waals surface area contributed by atoms with Gasteiger partial charge in [-0.15, -0.1) is 0 Å². The summed E-state index contributed by atoms with van der Waals surface area (Å²) in [5.41, 5.74) is 2.04. The molecular weight excluding hydrogens is 344 g/mol. The van der Waals surface area contributed by atoms with Gasteiger partial charge in [-0.25, -0.2) is 0 Å². The average Bonchev–Trinajstić information content (AvgIpc) is 3.21. The molecule has 142 valence electrons. The van der Waals surface area contributed by atoms with Crippen molar-refractivity contribution in [3.8, 4) is 11.5 Å². The molecular formula is C21H24N2O4. The third kappa shape index (κ3) is 4.58. The highest BCUT2D eigenvalue weighted by Crippen LogP contribution is 2.27. The van der Waals surface area contributed by atoms with Crippen LogP contribution in [0.3, 0.4) is 0 Å². The van der Waals surface area contributed by atoms with Crippen LogP contribution in [-0.4, -0.2) is 43.5 Å². The van der Waals surface area contributed by atoms with E-state index in [0.29, 0.717) is 22.7 Å². The fourth-order valence-electron chi connectivity index (χ4n) is 3.09. The Labute approximate surface area is 159 Å². The molecule has 2 aromatic carbocycles. The first-order valence-electron chi connectivity index (χ1n) is 9.04. The van der Waals surface area contributed by atoms with E-state index in [1.807, 2.05) is 24.0 Å². The van der Waals surface area contributed by atoms with Crippen LogP contribution in [0.25, 0.3) is 0 Å². The maximum absolute atomic E-state index is 12.7. The zero-order chi connectivity index (χ0) is 19.2. The van der Waals surface area contributed by atoms with Crippen LogP contribution in [0.5, 0.6) is 11.5 Å². The van der Waals surface area contributed by atoms with Crippen LogP contribution in [0.2, 0.25) is 0 Å². The molecule has 1 aliphatic heterocycles. The average molecular weight is 368 g/mol. The standard InChI is InChI=1S/C21H24N2O4/c1-15-9-10-18(19(13-15)26-2)27-14-20(24)22-17-8-4-3-7-16(17)21(25)23-11-5-6-12-23/h3-4,7-10,13H,5-6,11-12,14H2,1-2H3,(H,22,24). The number of hydrogen-bond donors (Lipinski definition) is 1. The Morgan fingerprint density at radius 3 is 2.56 bits per heavy atom. The molecule has 6 nitrogen and oxygen atoms in total. The normalized spacial score (nSPS) is 13.3. The molecule has 2 aromatic rings. The second kappa shape index (κ2) is 8.58. The molecule has 0 unspecified atom stereocenters. The van der Waals surface area contributed by atoms with Crippen LogP contribution in [0.1, 0.15) is 28.8 Å². The number of ether oxygens (including phenoxy) is 2. The van der Waals surface area contributed by atoms with Crippen LogP contribution >= 0.6 is 0 Å². The van der Waals surface area contributed by atoms with Gasteiger partial charge in [0.15, 0.2) is 18.1 Å². The highest BCUT2D eigenvalue weighted by Gasteiger charge is 2.22. The maximum atomic E-state index is 12.7. The summed E-state index contributed by atoms with van der Waals surface area (Å²) < 4.78 is 10.9. The van der Waals surface area contributed by atoms with Crippen molar-refractivity contribution in [2.75, 3.05) is 32.1 Å². The molecule has 0 atom stereocenters. The summed E-state index contributed by atoms with van der Waals surface area (Å²) in [6.07, 6.45) is 2.04. The van der Waals surface area contributed by atoms with Crippen molar-refractivity contribution in [2.24, 2.45) is 0 Å². The van der Waals surface area contributed by atoms with Gasteiger partial charge < -0.3 is 19.7 Å². The summed E-state index contributed by atoms with van der Waals surface area (Å²) in [7, 11) is 1.56. The van der Waals surface area contributed by atoms with E-state index >= 15 is 0 Å². The number of aryl methyl sites for hydroxylation is 1. The lowest BCUT2D eigenvalue weighted by Gasteiger charge is -2.18. The Hall–Kier alpha value is -3.02. The first-order chi connectivity index (χ1) is 13.1. The minimum Gasteiger partial charge on any atom is -0.493 e. The Morgan fingerprint density at radius 1 is 1.07 bits per heavy atom. The van der Waals surface area contributed by atoms with E-state index in [4.69, 9.17) is 9.47 Å². The van der Waals surface area contributed by atoms with Crippen molar-refractivity contribution in [3.63, 3.8) is 0 Å². The number of carbonyl (C=O) groups is 2. The molecule has 0 aromatic heterocycles. The SMILES string of the molecule is COc1cc(C)ccc1OCC(=O)Nc1ccccc1C(=O)N1CCCC1. The molecule has 3 rings (SSSR count). The van der Waals surface area contributed by atoms with E-state index in [1.165, 1.54) is 0 Å². The van der Waals surface area contributed by atoms with Gasteiger partial charge in [0, 0.05) is 13.1 Å². The van der Waals surface area contributed by atoms with Crippen molar-refractivity contribution in [1.82, 2.24) is 4.90 Å². The lowest BCUT2D eigenvalue weighted by molar-refractivity contribution is -0.118. The second-order valence-electron chi connectivity index (χ2n) is 6.54. The van der Waals surface area contributed by atoms with Gasteiger partial charge in [-0.1, -0.05) is 18.2 Å². The Balaban J connectivity index is 1.65. The van der Waals surface area contributed by atoms with Gasteiger partial charge in [-0.2, -0.15) is 0 Å². The zero-order valence-electron chi connectivity index (χ0n) is 15.7. The summed E-state index contributed by atoms with van der Waals surface area (Å²) >= 11 is 0. The third-order valence-electron chi connectivity index (χ3n) is 4.50. The summed E-state index contributed by atoms with van der Waals surface area (Å²) in [6, 6.07) is 12.6. The number of nitrogens with zero attached hydrogens (tertiary/aromatic N) is 1. The van der Waals surface area contributed by atoms with Gasteiger partial charge in [0.1, 0.15) is 0 Å². The van der Waals surface area contributed by atoms with Gasteiger partial charge >= 0.3 is 0 Å². The fraction of sp³-hybridized carbons (Fsp3) is 0.333. The van der Waals surface area contributed by atoms with Crippen LogP contribution in [-0.2, 0) is 4.79 Å². The molecule has 1 fully saturated rings. The molecule has 1 saturated heterocycles. The van der Waals surface area contributed by atoms with Crippen LogP contribution in [0, 0.1) is 6.92 Å². The number of nitrogens with one attached hydrogen (secondary N) is 1. The van der Waals surface area contributed by atoms with E-state index in [0.717, 1.165) is 31.5 Å². The second-order valence-corrected chi connectivity index (χ2v) is 6.54. The smallest absolute Gasteiger partial charge is 0.262 e. The minimum absolute atomic E-state index is 0.0514. The summed E-state index contributed by atoms with van der Waals surface area (Å²) in [5, 5.41) is 2.78. The van der Waals surface area contributed by atoms with Crippen LogP contribution in [0.15, 0.2) is 42.5 Å². The summed E-state index contributed by atoms with van der Waals surface area (Å²) in [6.45, 7) is 3.30. The monoisotopic (exact) mass is 368 g/mol. The summed E-state index contributed by atoms with van der Waals surface area (Å²) in [5.74, 6) is 0.691. The summed E-state index contributed by atoms with van der Waals surface area (Å²) in [4.78, 5) is 26.8. The molecule has 2 amide bonds. The van der Waals surface area contributed by atoms with E-state index in [2.05, 4.69) is 5.32 Å². The molecule has 0 saturated carbocycles. The van der Waals surface area contributed by atoms with Gasteiger partial charge in [0.2, 0.25) is 0 Å². The Morgan fingerprint density at radius 2 is 1.81 bits per heavy atom. The molecule has 27 heavy (non-hydrogen) atoms. The first-order valence-corrected chi connectivity index (χ1v) is 9.04. The van der Waals surface area contributed by atoms with Gasteiger partial charge in [0.25, 0.3) is 11.8 Å². The molecule has 0 aliphatic carbocycles. The molecule has 1 N–H and O–H groups in total. The van der Waals surface area contributed by atoms with E-state index in [9.17, 15) is 9.59 Å². The molecule has 6 heteroatoms. The van der Waals surface area contributed by atoms with E-state index < -0.39 is 0 Å². The molecule has 1 aliphatic rings. The number of methoxy groups -OCH3 is 1. The molecule has 0 spiro atoms. The van der Waals surface area contributed by atoms with Crippen LogP contribution < -0.4 is 14.8 Å². The molecule has 0 bridgehead atoms. The lowest BCUT2D eigenvalue weighted by Crippen LogP contribution is -2.29.